The Balaban J connectivity index is 2.14. The van der Waals surface area contributed by atoms with Crippen LogP contribution in [-0.2, 0) is 62.0 Å². The predicted octanol–water partition coefficient (Wildman–Crippen LogP) is 1.20. The van der Waals surface area contributed by atoms with Crippen LogP contribution in [0.25, 0.3) is 0 Å². The first kappa shape index (κ1) is 45.4. The standard InChI is InChI=1S/C36H36O22/c1-15(37)50-25-9-23(10-26(51-16(2)38)30(25)55-20(6)42)33(45)49-14-36(47)32(57-22(8)44)29(54-19(5)41)13-48-35(36)58-34(46)24-11-27(52-17(3)39)31(56-21(7)43)28(12-24)53-18(4)40/h9-12,29,32,35,47H,13-14H2,1-8H3. The van der Waals surface area contributed by atoms with E-state index >= 15 is 0 Å². The molecule has 0 aliphatic carbocycles. The van der Waals surface area contributed by atoms with Gasteiger partial charge in [0, 0.05) is 55.4 Å². The molecule has 0 radical (unpaired) electrons. The van der Waals surface area contributed by atoms with Crippen molar-refractivity contribution in [1.29, 1.82) is 0 Å². The van der Waals surface area contributed by atoms with Crippen molar-refractivity contribution in [1.82, 2.24) is 0 Å². The number of carbonyl (C=O) groups is 10. The van der Waals surface area contributed by atoms with Gasteiger partial charge in [0.2, 0.25) is 23.4 Å². The van der Waals surface area contributed by atoms with Crippen molar-refractivity contribution in [2.24, 2.45) is 0 Å². The lowest BCUT2D eigenvalue weighted by Crippen LogP contribution is -2.68. The van der Waals surface area contributed by atoms with Crippen molar-refractivity contribution in [3.05, 3.63) is 35.4 Å². The lowest BCUT2D eigenvalue weighted by molar-refractivity contribution is -0.311. The average molecular weight is 821 g/mol. The van der Waals surface area contributed by atoms with Crippen molar-refractivity contribution in [2.75, 3.05) is 13.2 Å². The van der Waals surface area contributed by atoms with Crippen molar-refractivity contribution >= 4 is 59.7 Å². The number of rotatable bonds is 13. The summed E-state index contributed by atoms with van der Waals surface area (Å²) in [4.78, 5) is 123. The third-order valence-corrected chi connectivity index (χ3v) is 6.93. The molecule has 0 aromatic heterocycles. The average Bonchev–Trinajstić information content (AvgIpc) is 3.07. The Morgan fingerprint density at radius 2 is 0.897 bits per heavy atom. The first-order chi connectivity index (χ1) is 27.0. The summed E-state index contributed by atoms with van der Waals surface area (Å²) in [6.45, 7) is 5.67. The number of esters is 10. The molecule has 1 fully saturated rings. The zero-order valence-electron chi connectivity index (χ0n) is 32.0. The highest BCUT2D eigenvalue weighted by Gasteiger charge is 2.59. The summed E-state index contributed by atoms with van der Waals surface area (Å²) in [5, 5.41) is 12.2. The van der Waals surface area contributed by atoms with E-state index in [9.17, 15) is 53.1 Å². The van der Waals surface area contributed by atoms with Gasteiger partial charge in [0.1, 0.15) is 6.61 Å². The van der Waals surface area contributed by atoms with E-state index in [0.29, 0.717) is 0 Å². The molecule has 2 aromatic rings. The van der Waals surface area contributed by atoms with Gasteiger partial charge >= 0.3 is 59.7 Å². The smallest absolute Gasteiger partial charge is 0.340 e. The molecule has 58 heavy (non-hydrogen) atoms. The van der Waals surface area contributed by atoms with Crippen molar-refractivity contribution < 1.29 is 105 Å². The van der Waals surface area contributed by atoms with Crippen LogP contribution in [0.1, 0.15) is 76.1 Å². The quantitative estimate of drug-likeness (QED) is 0.169. The maximum Gasteiger partial charge on any atom is 0.340 e. The van der Waals surface area contributed by atoms with Crippen LogP contribution in [0.5, 0.6) is 34.5 Å². The monoisotopic (exact) mass is 820 g/mol. The Kier molecular flexibility index (Phi) is 15.1. The lowest BCUT2D eigenvalue weighted by atomic mass is 9.89. The second kappa shape index (κ2) is 19.3. The third kappa shape index (κ3) is 12.3. The normalized spacial score (nSPS) is 18.3. The second-order valence-electron chi connectivity index (χ2n) is 12.0. The van der Waals surface area contributed by atoms with Crippen LogP contribution in [0.4, 0.5) is 0 Å². The van der Waals surface area contributed by atoms with Crippen LogP contribution in [0.2, 0.25) is 0 Å². The van der Waals surface area contributed by atoms with Gasteiger partial charge in [0.25, 0.3) is 0 Å². The predicted molar refractivity (Wildman–Crippen MR) is 182 cm³/mol. The van der Waals surface area contributed by atoms with Crippen molar-refractivity contribution in [3.63, 3.8) is 0 Å². The van der Waals surface area contributed by atoms with Gasteiger partial charge < -0.3 is 57.2 Å². The van der Waals surface area contributed by atoms with E-state index in [1.54, 1.807) is 0 Å². The zero-order valence-corrected chi connectivity index (χ0v) is 32.0. The minimum Gasteiger partial charge on any atom is -0.459 e. The highest BCUT2D eigenvalue weighted by molar-refractivity contribution is 5.93. The summed E-state index contributed by atoms with van der Waals surface area (Å²) in [5.74, 6) is -14.1. The first-order valence-corrected chi connectivity index (χ1v) is 16.5. The topological polar surface area (TPSA) is 292 Å². The van der Waals surface area contributed by atoms with Crippen molar-refractivity contribution in [3.8, 4) is 34.5 Å². The fourth-order valence-electron chi connectivity index (χ4n) is 5.05. The van der Waals surface area contributed by atoms with Crippen LogP contribution < -0.4 is 28.4 Å². The summed E-state index contributed by atoms with van der Waals surface area (Å²) in [5.41, 5.74) is -4.09. The number of aliphatic hydroxyl groups is 1. The molecule has 1 N–H and O–H groups in total. The fraction of sp³-hybridized carbons (Fsp3) is 0.389. The summed E-state index contributed by atoms with van der Waals surface area (Å²) in [6, 6.07) is 3.37. The maximum atomic E-state index is 13.7. The van der Waals surface area contributed by atoms with Gasteiger partial charge in [-0.05, 0) is 24.3 Å². The molecule has 4 atom stereocenters. The highest BCUT2D eigenvalue weighted by Crippen LogP contribution is 2.42. The van der Waals surface area contributed by atoms with E-state index in [1.807, 2.05) is 0 Å². The Morgan fingerprint density at radius 1 is 0.534 bits per heavy atom. The van der Waals surface area contributed by atoms with Gasteiger partial charge in [-0.25, -0.2) is 9.59 Å². The minimum atomic E-state index is -2.96. The van der Waals surface area contributed by atoms with Gasteiger partial charge in [-0.2, -0.15) is 0 Å². The van der Waals surface area contributed by atoms with Crippen LogP contribution in [0.3, 0.4) is 0 Å². The molecule has 0 bridgehead atoms. The molecule has 0 saturated carbocycles. The summed E-state index contributed by atoms with van der Waals surface area (Å²) < 4.78 is 57.0. The van der Waals surface area contributed by atoms with E-state index in [-0.39, 0.29) is 0 Å². The van der Waals surface area contributed by atoms with E-state index < -0.39 is 143 Å². The molecule has 1 aliphatic heterocycles. The van der Waals surface area contributed by atoms with Crippen molar-refractivity contribution in [2.45, 2.75) is 79.5 Å². The number of hydrogen-bond acceptors (Lipinski definition) is 22. The molecular formula is C36H36O22. The summed E-state index contributed by atoms with van der Waals surface area (Å²) in [7, 11) is 0. The van der Waals surface area contributed by atoms with E-state index in [1.165, 1.54) is 0 Å². The Labute approximate surface area is 327 Å². The summed E-state index contributed by atoms with van der Waals surface area (Å²) in [6.07, 6.45) is -5.90. The van der Waals surface area contributed by atoms with E-state index in [4.69, 9.17) is 52.1 Å². The number of benzene rings is 2. The number of carbonyl (C=O) groups excluding carboxylic acids is 10. The molecule has 0 spiro atoms. The molecular weight excluding hydrogens is 784 g/mol. The fourth-order valence-corrected chi connectivity index (χ4v) is 5.05. The van der Waals surface area contributed by atoms with Crippen LogP contribution in [0, 0.1) is 0 Å². The molecule has 3 rings (SSSR count). The number of hydrogen-bond donors (Lipinski definition) is 1. The Morgan fingerprint density at radius 3 is 1.24 bits per heavy atom. The van der Waals surface area contributed by atoms with Gasteiger partial charge in [-0.1, -0.05) is 0 Å². The Hall–Kier alpha value is -6.94. The van der Waals surface area contributed by atoms with Gasteiger partial charge in [0.05, 0.1) is 17.7 Å². The number of ether oxygens (including phenoxy) is 11. The zero-order chi connectivity index (χ0) is 43.6. The van der Waals surface area contributed by atoms with E-state index in [2.05, 4.69) is 0 Å². The highest BCUT2D eigenvalue weighted by atomic mass is 16.7. The van der Waals surface area contributed by atoms with Gasteiger partial charge in [-0.3, -0.25) is 38.4 Å². The minimum absolute atomic E-state index is 0.554. The molecule has 22 nitrogen and oxygen atoms in total. The molecule has 312 valence electrons. The SMILES string of the molecule is CC(=O)Oc1cc(C(=O)OCC2(O)C(OC(=O)c3cc(OC(C)=O)c(OC(C)=O)c(OC(C)=O)c3)OCC(OC(C)=O)C2OC(C)=O)cc(OC(C)=O)c1OC(C)=O. The molecule has 4 unspecified atom stereocenters. The molecule has 22 heteroatoms. The molecule has 0 amide bonds. The summed E-state index contributed by atoms with van der Waals surface area (Å²) >= 11 is 0. The van der Waals surface area contributed by atoms with E-state index in [0.717, 1.165) is 79.7 Å². The largest absolute Gasteiger partial charge is 0.459 e. The first-order valence-electron chi connectivity index (χ1n) is 16.5. The van der Waals surface area contributed by atoms with Gasteiger partial charge in [-0.15, -0.1) is 0 Å². The Bertz CT molecular complexity index is 1960. The maximum absolute atomic E-state index is 13.7. The molecule has 2 aromatic carbocycles. The third-order valence-electron chi connectivity index (χ3n) is 6.93. The molecule has 1 saturated heterocycles. The second-order valence-corrected chi connectivity index (χ2v) is 12.0. The van der Waals surface area contributed by atoms with Crippen LogP contribution >= 0.6 is 0 Å². The lowest BCUT2D eigenvalue weighted by Gasteiger charge is -2.45. The van der Waals surface area contributed by atoms with Crippen LogP contribution in [0.15, 0.2) is 24.3 Å². The molecule has 1 heterocycles. The van der Waals surface area contributed by atoms with Gasteiger partial charge in [0.15, 0.2) is 35.2 Å². The molecule has 1 aliphatic rings. The van der Waals surface area contributed by atoms with Crippen LogP contribution in [-0.4, -0.2) is 102 Å².